The Labute approximate surface area is 180 Å². The second-order valence-electron chi connectivity index (χ2n) is 8.01. The molecule has 0 aliphatic carbocycles. The summed E-state index contributed by atoms with van der Waals surface area (Å²) in [7, 11) is -3.28. The van der Waals surface area contributed by atoms with Crippen LogP contribution in [0.1, 0.15) is 39.7 Å². The number of amides is 1. The zero-order valence-electron chi connectivity index (χ0n) is 16.7. The fraction of sp³-hybridized carbons (Fsp3) is 0.364. The molecule has 3 aromatic rings. The molecule has 1 fully saturated rings. The van der Waals surface area contributed by atoms with Crippen molar-refractivity contribution in [2.24, 2.45) is 0 Å². The Kier molecular flexibility index (Phi) is 4.78. The number of hydrogen-bond acceptors (Lipinski definition) is 5. The molecule has 6 nitrogen and oxygen atoms in total. The van der Waals surface area contributed by atoms with Crippen LogP contribution in [-0.4, -0.2) is 50.1 Å². The number of likely N-dealkylation sites (tertiary alicyclic amines) is 1. The van der Waals surface area contributed by atoms with Crippen LogP contribution in [0.4, 0.5) is 5.69 Å². The van der Waals surface area contributed by atoms with Crippen LogP contribution in [0.2, 0.25) is 0 Å². The number of aromatic nitrogens is 1. The van der Waals surface area contributed by atoms with E-state index in [0.717, 1.165) is 23.9 Å². The lowest BCUT2D eigenvalue weighted by atomic mass is 9.96. The van der Waals surface area contributed by atoms with Crippen LogP contribution in [0.5, 0.6) is 0 Å². The maximum Gasteiger partial charge on any atom is 0.253 e. The van der Waals surface area contributed by atoms with Gasteiger partial charge in [0.05, 0.1) is 27.2 Å². The highest BCUT2D eigenvalue weighted by atomic mass is 32.2. The number of nitrogens with zero attached hydrogens (tertiary/aromatic N) is 3. The summed E-state index contributed by atoms with van der Waals surface area (Å²) in [6.07, 6.45) is 3.69. The van der Waals surface area contributed by atoms with E-state index in [1.807, 2.05) is 29.2 Å². The molecule has 0 atom stereocenters. The van der Waals surface area contributed by atoms with Gasteiger partial charge in [-0.1, -0.05) is 12.1 Å². The Balaban J connectivity index is 1.28. The lowest BCUT2D eigenvalue weighted by Gasteiger charge is -2.31. The number of thiazole rings is 1. The largest absolute Gasteiger partial charge is 0.339 e. The molecule has 0 saturated carbocycles. The molecule has 1 saturated heterocycles. The minimum atomic E-state index is -3.28. The number of fused-ring (bicyclic) bond motifs is 2. The normalized spacial score (nSPS) is 17.5. The zero-order chi connectivity index (χ0) is 20.9. The minimum Gasteiger partial charge on any atom is -0.339 e. The highest BCUT2D eigenvalue weighted by molar-refractivity contribution is 7.92. The van der Waals surface area contributed by atoms with Crippen LogP contribution in [0.15, 0.2) is 42.5 Å². The highest BCUT2D eigenvalue weighted by Crippen LogP contribution is 2.35. The topological polar surface area (TPSA) is 70.6 Å². The van der Waals surface area contributed by atoms with Gasteiger partial charge in [-0.3, -0.25) is 9.10 Å². The molecular formula is C22H23N3O3S2. The lowest BCUT2D eigenvalue weighted by molar-refractivity contribution is 0.0713. The first kappa shape index (κ1) is 19.5. The number of para-hydroxylation sites is 1. The number of sulfonamides is 1. The second-order valence-corrected chi connectivity index (χ2v) is 11.0. The number of piperidine rings is 1. The first-order valence-corrected chi connectivity index (χ1v) is 12.8. The SMILES string of the molecule is CS(=O)(=O)N1CCc2cc(C(=O)N3CCC(c4nc5ccccc5s4)CC3)ccc21. The summed E-state index contributed by atoms with van der Waals surface area (Å²) in [5.74, 6) is 0.424. The van der Waals surface area contributed by atoms with Gasteiger partial charge in [0.1, 0.15) is 0 Å². The van der Waals surface area contributed by atoms with E-state index in [9.17, 15) is 13.2 Å². The van der Waals surface area contributed by atoms with Crippen molar-refractivity contribution in [1.82, 2.24) is 9.88 Å². The molecule has 0 radical (unpaired) electrons. The predicted octanol–water partition coefficient (Wildman–Crippen LogP) is 3.64. The molecule has 8 heteroatoms. The Morgan fingerprint density at radius 2 is 1.87 bits per heavy atom. The minimum absolute atomic E-state index is 0.0263. The van der Waals surface area contributed by atoms with Crippen molar-refractivity contribution in [1.29, 1.82) is 0 Å². The van der Waals surface area contributed by atoms with Crippen molar-refractivity contribution < 1.29 is 13.2 Å². The Hall–Kier alpha value is -2.45. The second kappa shape index (κ2) is 7.35. The van der Waals surface area contributed by atoms with E-state index in [1.54, 1.807) is 23.5 Å². The fourth-order valence-electron chi connectivity index (χ4n) is 4.43. The molecule has 0 spiro atoms. The number of hydrogen-bond donors (Lipinski definition) is 0. The fourth-order valence-corrected chi connectivity index (χ4v) is 6.52. The maximum atomic E-state index is 13.0. The molecule has 2 aromatic carbocycles. The van der Waals surface area contributed by atoms with Gasteiger partial charge in [0, 0.05) is 31.1 Å². The van der Waals surface area contributed by atoms with Crippen molar-refractivity contribution >= 4 is 43.2 Å². The van der Waals surface area contributed by atoms with Crippen molar-refractivity contribution in [3.05, 3.63) is 58.6 Å². The molecular weight excluding hydrogens is 418 g/mol. The molecule has 0 N–H and O–H groups in total. The Morgan fingerprint density at radius 3 is 2.60 bits per heavy atom. The van der Waals surface area contributed by atoms with Gasteiger partial charge in [0.25, 0.3) is 5.91 Å². The van der Waals surface area contributed by atoms with Gasteiger partial charge in [-0.2, -0.15) is 0 Å². The van der Waals surface area contributed by atoms with Crippen LogP contribution < -0.4 is 4.31 Å². The molecule has 2 aliphatic rings. The van der Waals surface area contributed by atoms with E-state index < -0.39 is 10.0 Å². The third-order valence-electron chi connectivity index (χ3n) is 6.02. The number of anilines is 1. The van der Waals surface area contributed by atoms with E-state index in [-0.39, 0.29) is 5.91 Å². The molecule has 0 unspecified atom stereocenters. The van der Waals surface area contributed by atoms with Gasteiger partial charge < -0.3 is 4.90 Å². The van der Waals surface area contributed by atoms with Crippen LogP contribution in [-0.2, 0) is 16.4 Å². The van der Waals surface area contributed by atoms with E-state index in [2.05, 4.69) is 6.07 Å². The van der Waals surface area contributed by atoms with E-state index >= 15 is 0 Å². The summed E-state index contributed by atoms with van der Waals surface area (Å²) in [5.41, 5.74) is 3.32. The molecule has 1 amide bonds. The van der Waals surface area contributed by atoms with E-state index in [4.69, 9.17) is 4.98 Å². The summed E-state index contributed by atoms with van der Waals surface area (Å²) in [5, 5.41) is 1.17. The summed E-state index contributed by atoms with van der Waals surface area (Å²) in [6, 6.07) is 13.6. The van der Waals surface area contributed by atoms with E-state index in [1.165, 1.54) is 20.3 Å². The summed E-state index contributed by atoms with van der Waals surface area (Å²) < 4.78 is 26.5. The molecule has 3 heterocycles. The Bertz CT molecular complexity index is 1190. The lowest BCUT2D eigenvalue weighted by Crippen LogP contribution is -2.38. The van der Waals surface area contributed by atoms with Gasteiger partial charge >= 0.3 is 0 Å². The summed E-state index contributed by atoms with van der Waals surface area (Å²) >= 11 is 1.76. The van der Waals surface area contributed by atoms with E-state index in [0.29, 0.717) is 43.2 Å². The molecule has 156 valence electrons. The quantitative estimate of drug-likeness (QED) is 0.622. The van der Waals surface area contributed by atoms with Gasteiger partial charge in [0.2, 0.25) is 10.0 Å². The summed E-state index contributed by atoms with van der Waals surface area (Å²) in [6.45, 7) is 1.87. The third kappa shape index (κ3) is 3.48. The van der Waals surface area contributed by atoms with Crippen LogP contribution in [0.25, 0.3) is 10.2 Å². The standard InChI is InChI=1S/C22H23N3O3S2/c1-30(27,28)25-13-10-16-14-17(6-7-19(16)25)22(26)24-11-8-15(9-12-24)21-23-18-4-2-3-5-20(18)29-21/h2-7,14-15H,8-13H2,1H3. The van der Waals surface area contributed by atoms with Gasteiger partial charge in [-0.05, 0) is 55.2 Å². The number of carbonyl (C=O) groups excluding carboxylic acids is 1. The predicted molar refractivity (Wildman–Crippen MR) is 120 cm³/mol. The Morgan fingerprint density at radius 1 is 1.10 bits per heavy atom. The molecule has 0 bridgehead atoms. The van der Waals surface area contributed by atoms with Gasteiger partial charge in [-0.25, -0.2) is 13.4 Å². The van der Waals surface area contributed by atoms with Gasteiger partial charge in [0.15, 0.2) is 0 Å². The number of benzene rings is 2. The monoisotopic (exact) mass is 441 g/mol. The number of carbonyl (C=O) groups is 1. The first-order valence-electron chi connectivity index (χ1n) is 10.2. The third-order valence-corrected chi connectivity index (χ3v) is 8.40. The first-order chi connectivity index (χ1) is 14.4. The van der Waals surface area contributed by atoms with Crippen LogP contribution in [0.3, 0.4) is 0 Å². The van der Waals surface area contributed by atoms with Crippen molar-refractivity contribution in [3.8, 4) is 0 Å². The van der Waals surface area contributed by atoms with Crippen LogP contribution >= 0.6 is 11.3 Å². The number of rotatable bonds is 3. The van der Waals surface area contributed by atoms with Crippen LogP contribution in [0, 0.1) is 0 Å². The maximum absolute atomic E-state index is 13.0. The molecule has 30 heavy (non-hydrogen) atoms. The highest BCUT2D eigenvalue weighted by Gasteiger charge is 2.29. The molecule has 1 aromatic heterocycles. The van der Waals surface area contributed by atoms with Gasteiger partial charge in [-0.15, -0.1) is 11.3 Å². The van der Waals surface area contributed by atoms with Crippen molar-refractivity contribution in [3.63, 3.8) is 0 Å². The zero-order valence-corrected chi connectivity index (χ0v) is 18.4. The molecule has 5 rings (SSSR count). The average Bonchev–Trinajstić information content (AvgIpc) is 3.37. The smallest absolute Gasteiger partial charge is 0.253 e. The van der Waals surface area contributed by atoms with Crippen molar-refractivity contribution in [2.45, 2.75) is 25.2 Å². The molecule has 2 aliphatic heterocycles. The average molecular weight is 442 g/mol. The van der Waals surface area contributed by atoms with Crippen molar-refractivity contribution in [2.75, 3.05) is 30.2 Å². The summed E-state index contributed by atoms with van der Waals surface area (Å²) in [4.78, 5) is 19.7.